The molecule has 0 heterocycles. The van der Waals surface area contributed by atoms with E-state index in [4.69, 9.17) is 11.6 Å². The summed E-state index contributed by atoms with van der Waals surface area (Å²) in [5, 5.41) is 5.76. The van der Waals surface area contributed by atoms with Crippen LogP contribution < -0.4 is 10.6 Å². The number of amides is 2. The third kappa shape index (κ3) is 6.07. The second kappa shape index (κ2) is 6.39. The molecule has 104 valence electrons. The molecule has 0 spiro atoms. The van der Waals surface area contributed by atoms with Gasteiger partial charge in [0.15, 0.2) is 0 Å². The summed E-state index contributed by atoms with van der Waals surface area (Å²) in [6.07, 6.45) is 0. The van der Waals surface area contributed by atoms with Gasteiger partial charge in [-0.25, -0.2) is 0 Å². The van der Waals surface area contributed by atoms with Gasteiger partial charge >= 0.3 is 0 Å². The Bertz CT molecular complexity index is 478. The van der Waals surface area contributed by atoms with Gasteiger partial charge in [0.1, 0.15) is 0 Å². The average Bonchev–Trinajstić information content (AvgIpc) is 2.22. The lowest BCUT2D eigenvalue weighted by atomic mass is 10.1. The SMILES string of the molecule is CC(C)(C)NC(=O)CNC(=O)c1cc(Cl)cc(Br)c1. The number of halogens is 2. The summed E-state index contributed by atoms with van der Waals surface area (Å²) >= 11 is 9.11. The standard InChI is InChI=1S/C13H16BrClN2O2/c1-13(2,3)17-11(18)7-16-12(19)8-4-9(14)6-10(15)5-8/h4-6H,7H2,1-3H3,(H,16,19)(H,17,18). The molecule has 1 aromatic carbocycles. The van der Waals surface area contributed by atoms with Crippen LogP contribution in [0.25, 0.3) is 0 Å². The van der Waals surface area contributed by atoms with Crippen molar-refractivity contribution in [3.63, 3.8) is 0 Å². The lowest BCUT2D eigenvalue weighted by Crippen LogP contribution is -2.45. The molecule has 4 nitrogen and oxygen atoms in total. The van der Waals surface area contributed by atoms with Gasteiger partial charge < -0.3 is 10.6 Å². The highest BCUT2D eigenvalue weighted by Gasteiger charge is 2.15. The molecule has 0 aliphatic rings. The molecule has 0 aliphatic carbocycles. The Morgan fingerprint density at radius 3 is 2.42 bits per heavy atom. The van der Waals surface area contributed by atoms with E-state index in [9.17, 15) is 9.59 Å². The summed E-state index contributed by atoms with van der Waals surface area (Å²) in [5.41, 5.74) is 0.0869. The highest BCUT2D eigenvalue weighted by atomic mass is 79.9. The van der Waals surface area contributed by atoms with Crippen LogP contribution in [0.3, 0.4) is 0 Å². The van der Waals surface area contributed by atoms with Crippen LogP contribution in [0.15, 0.2) is 22.7 Å². The van der Waals surface area contributed by atoms with Crippen LogP contribution in [-0.2, 0) is 4.79 Å². The minimum Gasteiger partial charge on any atom is -0.350 e. The monoisotopic (exact) mass is 346 g/mol. The molecule has 0 fully saturated rings. The second-order valence-electron chi connectivity index (χ2n) is 5.14. The Labute approximate surface area is 126 Å². The number of hydrogen-bond donors (Lipinski definition) is 2. The van der Waals surface area contributed by atoms with Crippen molar-refractivity contribution in [2.75, 3.05) is 6.54 Å². The Morgan fingerprint density at radius 2 is 1.89 bits per heavy atom. The van der Waals surface area contributed by atoms with Crippen molar-refractivity contribution in [1.82, 2.24) is 10.6 Å². The normalized spacial score (nSPS) is 11.0. The van der Waals surface area contributed by atoms with Crippen LogP contribution in [0, 0.1) is 0 Å². The lowest BCUT2D eigenvalue weighted by Gasteiger charge is -2.20. The van der Waals surface area contributed by atoms with Crippen LogP contribution in [0.1, 0.15) is 31.1 Å². The van der Waals surface area contributed by atoms with Crippen LogP contribution in [0.4, 0.5) is 0 Å². The van der Waals surface area contributed by atoms with Crippen molar-refractivity contribution in [1.29, 1.82) is 0 Å². The first-order valence-electron chi connectivity index (χ1n) is 5.73. The first-order valence-corrected chi connectivity index (χ1v) is 6.90. The van der Waals surface area contributed by atoms with E-state index in [1.54, 1.807) is 18.2 Å². The quantitative estimate of drug-likeness (QED) is 0.883. The number of hydrogen-bond acceptors (Lipinski definition) is 2. The molecule has 6 heteroatoms. The van der Waals surface area contributed by atoms with Gasteiger partial charge in [-0.3, -0.25) is 9.59 Å². The zero-order valence-electron chi connectivity index (χ0n) is 11.0. The first kappa shape index (κ1) is 16.0. The predicted octanol–water partition coefficient (Wildman–Crippen LogP) is 2.75. The molecule has 0 aliphatic heterocycles. The summed E-state index contributed by atoms with van der Waals surface area (Å²) in [6.45, 7) is 5.56. The number of carbonyl (C=O) groups excluding carboxylic acids is 2. The molecular weight excluding hydrogens is 332 g/mol. The van der Waals surface area contributed by atoms with Crippen molar-refractivity contribution in [3.8, 4) is 0 Å². The van der Waals surface area contributed by atoms with Crippen molar-refractivity contribution in [2.45, 2.75) is 26.3 Å². The van der Waals surface area contributed by atoms with E-state index in [2.05, 4.69) is 26.6 Å². The van der Waals surface area contributed by atoms with Gasteiger partial charge in [0.25, 0.3) is 5.91 Å². The molecule has 0 unspecified atom stereocenters. The topological polar surface area (TPSA) is 58.2 Å². The number of carbonyl (C=O) groups is 2. The van der Waals surface area contributed by atoms with Gasteiger partial charge in [-0.05, 0) is 39.0 Å². The van der Waals surface area contributed by atoms with E-state index in [0.717, 1.165) is 0 Å². The summed E-state index contributed by atoms with van der Waals surface area (Å²) < 4.78 is 0.712. The van der Waals surface area contributed by atoms with Crippen molar-refractivity contribution >= 4 is 39.3 Å². The molecule has 0 bridgehead atoms. The molecule has 2 amide bonds. The maximum atomic E-state index is 11.8. The van der Waals surface area contributed by atoms with Crippen LogP contribution in [0.2, 0.25) is 5.02 Å². The van der Waals surface area contributed by atoms with Gasteiger partial charge in [-0.2, -0.15) is 0 Å². The van der Waals surface area contributed by atoms with E-state index < -0.39 is 0 Å². The van der Waals surface area contributed by atoms with Crippen molar-refractivity contribution < 1.29 is 9.59 Å². The third-order valence-electron chi connectivity index (χ3n) is 2.05. The molecule has 0 atom stereocenters. The summed E-state index contributed by atoms with van der Waals surface area (Å²) in [6, 6.07) is 4.87. The molecule has 0 radical (unpaired) electrons. The minimum absolute atomic E-state index is 0.0692. The van der Waals surface area contributed by atoms with Gasteiger partial charge in [0.2, 0.25) is 5.91 Å². The molecule has 1 rings (SSSR count). The molecule has 0 saturated heterocycles. The van der Waals surface area contributed by atoms with E-state index in [-0.39, 0.29) is 23.9 Å². The average molecular weight is 348 g/mol. The van der Waals surface area contributed by atoms with Crippen LogP contribution in [0.5, 0.6) is 0 Å². The second-order valence-corrected chi connectivity index (χ2v) is 6.49. The van der Waals surface area contributed by atoms with Crippen LogP contribution in [-0.4, -0.2) is 23.9 Å². The highest BCUT2D eigenvalue weighted by molar-refractivity contribution is 9.10. The maximum absolute atomic E-state index is 11.8. The fourth-order valence-electron chi connectivity index (χ4n) is 1.41. The molecule has 0 aromatic heterocycles. The largest absolute Gasteiger partial charge is 0.350 e. The summed E-state index contributed by atoms with van der Waals surface area (Å²) in [4.78, 5) is 23.4. The van der Waals surface area contributed by atoms with E-state index in [1.807, 2.05) is 20.8 Å². The number of benzene rings is 1. The lowest BCUT2D eigenvalue weighted by molar-refractivity contribution is -0.121. The minimum atomic E-state index is -0.341. The Kier molecular flexibility index (Phi) is 5.38. The van der Waals surface area contributed by atoms with Gasteiger partial charge in [0, 0.05) is 20.6 Å². The van der Waals surface area contributed by atoms with E-state index >= 15 is 0 Å². The maximum Gasteiger partial charge on any atom is 0.251 e. The fourth-order valence-corrected chi connectivity index (χ4v) is 2.27. The fraction of sp³-hybridized carbons (Fsp3) is 0.385. The predicted molar refractivity (Wildman–Crippen MR) is 79.4 cm³/mol. The smallest absolute Gasteiger partial charge is 0.251 e. The summed E-state index contributed by atoms with van der Waals surface area (Å²) in [7, 11) is 0. The van der Waals surface area contributed by atoms with Gasteiger partial charge in [-0.15, -0.1) is 0 Å². The van der Waals surface area contributed by atoms with Gasteiger partial charge in [-0.1, -0.05) is 27.5 Å². The van der Waals surface area contributed by atoms with Crippen LogP contribution >= 0.6 is 27.5 Å². The molecule has 1 aromatic rings. The van der Waals surface area contributed by atoms with Crippen molar-refractivity contribution in [3.05, 3.63) is 33.3 Å². The number of nitrogens with one attached hydrogen (secondary N) is 2. The van der Waals surface area contributed by atoms with Gasteiger partial charge in [0.05, 0.1) is 6.54 Å². The summed E-state index contributed by atoms with van der Waals surface area (Å²) in [5.74, 6) is -0.575. The van der Waals surface area contributed by atoms with E-state index in [0.29, 0.717) is 15.1 Å². The Morgan fingerprint density at radius 1 is 1.26 bits per heavy atom. The first-order chi connectivity index (χ1) is 8.67. The third-order valence-corrected chi connectivity index (χ3v) is 2.72. The Balaban J connectivity index is 2.58. The molecule has 0 saturated carbocycles. The van der Waals surface area contributed by atoms with Crippen molar-refractivity contribution in [2.24, 2.45) is 0 Å². The Hall–Kier alpha value is -1.07. The highest BCUT2D eigenvalue weighted by Crippen LogP contribution is 2.19. The number of rotatable bonds is 3. The molecule has 2 N–H and O–H groups in total. The zero-order chi connectivity index (χ0) is 14.6. The van der Waals surface area contributed by atoms with E-state index in [1.165, 1.54) is 0 Å². The molecule has 19 heavy (non-hydrogen) atoms. The molecular formula is C13H16BrClN2O2. The zero-order valence-corrected chi connectivity index (χ0v) is 13.4.